The number of amides is 1. The summed E-state index contributed by atoms with van der Waals surface area (Å²) in [5, 5.41) is 20.5. The zero-order valence-corrected chi connectivity index (χ0v) is 24.4. The van der Waals surface area contributed by atoms with E-state index in [4.69, 9.17) is 14.2 Å². The molecule has 1 heterocycles. The number of carbonyl (C=O) groups is 2. The molecule has 0 radical (unpaired) electrons. The van der Waals surface area contributed by atoms with Gasteiger partial charge in [-0.25, -0.2) is 0 Å². The number of aliphatic hydroxyl groups excluding tert-OH is 2. The maximum atomic E-state index is 13.3. The minimum atomic E-state index is -0.484. The lowest BCUT2D eigenvalue weighted by molar-refractivity contribution is -0.130. The van der Waals surface area contributed by atoms with Crippen molar-refractivity contribution in [1.29, 1.82) is 0 Å². The van der Waals surface area contributed by atoms with Gasteiger partial charge in [-0.15, -0.1) is 0 Å². The van der Waals surface area contributed by atoms with E-state index >= 15 is 0 Å². The number of hydrogen-bond acceptors (Lipinski definition) is 7. The van der Waals surface area contributed by atoms with Crippen molar-refractivity contribution >= 4 is 23.8 Å². The molecule has 2 N–H and O–H groups in total. The smallest absolute Gasteiger partial charge is 0.227 e. The van der Waals surface area contributed by atoms with Crippen LogP contribution < -0.4 is 9.47 Å². The molecule has 1 fully saturated rings. The fourth-order valence-corrected chi connectivity index (χ4v) is 4.49. The second kappa shape index (κ2) is 15.8. The van der Waals surface area contributed by atoms with Crippen LogP contribution in [0.4, 0.5) is 0 Å². The van der Waals surface area contributed by atoms with Crippen LogP contribution in [0.2, 0.25) is 0 Å². The Morgan fingerprint density at radius 3 is 2.39 bits per heavy atom. The Morgan fingerprint density at radius 2 is 1.73 bits per heavy atom. The van der Waals surface area contributed by atoms with Crippen LogP contribution in [-0.2, 0) is 20.9 Å². The first kappa shape index (κ1) is 31.6. The lowest BCUT2D eigenvalue weighted by atomic mass is 10.0. The van der Waals surface area contributed by atoms with Gasteiger partial charge in [0.2, 0.25) is 5.91 Å². The second-order valence-corrected chi connectivity index (χ2v) is 9.81. The first-order valence-corrected chi connectivity index (χ1v) is 14.1. The van der Waals surface area contributed by atoms with Crippen molar-refractivity contribution in [2.75, 3.05) is 26.8 Å². The van der Waals surface area contributed by atoms with Crippen molar-refractivity contribution in [1.82, 2.24) is 4.90 Å². The van der Waals surface area contributed by atoms with Crippen molar-refractivity contribution in [3.63, 3.8) is 0 Å². The molecule has 0 bridgehead atoms. The SMILES string of the molecule is CCN(CC)C(=O)C/C(C(=O)/C=C/c1ccc(OC2CCCCO2)c(OC)c1)=C(O)\C=C\c1ccc(C)c(CO)c1. The van der Waals surface area contributed by atoms with Crippen molar-refractivity contribution in [3.8, 4) is 11.5 Å². The number of ketones is 1. The Bertz CT molecular complexity index is 1280. The molecule has 1 aliphatic heterocycles. The standard InChI is InChI=1S/C33H41NO7/c1-5-34(6-2)32(38)21-27(28(36)15-12-24-11-10-23(3)26(19-24)22-35)29(37)16-13-25-14-17-30(31(20-25)39-4)41-33-9-7-8-18-40-33/h10-17,19-20,33,35-36H,5-9,18,21-22H2,1-4H3/b15-12+,16-13+,28-27-. The number of carbonyl (C=O) groups excluding carboxylic acids is 2. The van der Waals surface area contributed by atoms with Gasteiger partial charge in [0.1, 0.15) is 5.76 Å². The Hall–Kier alpha value is -3.88. The molecular weight excluding hydrogens is 522 g/mol. The van der Waals surface area contributed by atoms with E-state index in [0.717, 1.165) is 36.0 Å². The van der Waals surface area contributed by atoms with Crippen molar-refractivity contribution in [3.05, 3.63) is 82.1 Å². The minimum Gasteiger partial charge on any atom is -0.508 e. The van der Waals surface area contributed by atoms with E-state index in [1.54, 1.807) is 42.4 Å². The van der Waals surface area contributed by atoms with E-state index < -0.39 is 5.78 Å². The molecule has 0 aliphatic carbocycles. The topological polar surface area (TPSA) is 106 Å². The average molecular weight is 564 g/mol. The van der Waals surface area contributed by atoms with Crippen molar-refractivity contribution in [2.45, 2.75) is 59.4 Å². The number of hydrogen-bond donors (Lipinski definition) is 2. The molecule has 8 heteroatoms. The molecular formula is C33H41NO7. The van der Waals surface area contributed by atoms with Crippen LogP contribution in [-0.4, -0.2) is 59.9 Å². The number of aryl methyl sites for hydroxylation is 1. The maximum Gasteiger partial charge on any atom is 0.227 e. The predicted octanol–water partition coefficient (Wildman–Crippen LogP) is 5.77. The van der Waals surface area contributed by atoms with Crippen LogP contribution in [0.3, 0.4) is 0 Å². The number of aliphatic hydroxyl groups is 2. The van der Waals surface area contributed by atoms with Gasteiger partial charge < -0.3 is 29.3 Å². The van der Waals surface area contributed by atoms with Gasteiger partial charge in [0, 0.05) is 19.5 Å². The molecule has 1 unspecified atom stereocenters. The molecule has 0 spiro atoms. The fourth-order valence-electron chi connectivity index (χ4n) is 4.49. The number of nitrogens with zero attached hydrogens (tertiary/aromatic N) is 1. The average Bonchev–Trinajstić information content (AvgIpc) is 2.99. The number of benzene rings is 2. The summed E-state index contributed by atoms with van der Waals surface area (Å²) in [7, 11) is 1.55. The molecule has 1 saturated heterocycles. The zero-order valence-electron chi connectivity index (χ0n) is 24.4. The molecule has 2 aromatic carbocycles. The van der Waals surface area contributed by atoms with E-state index in [2.05, 4.69) is 0 Å². The lowest BCUT2D eigenvalue weighted by Gasteiger charge is -2.24. The van der Waals surface area contributed by atoms with Crippen LogP contribution in [0.15, 0.2) is 59.9 Å². The van der Waals surface area contributed by atoms with Gasteiger partial charge in [0.15, 0.2) is 23.6 Å². The highest BCUT2D eigenvalue weighted by Gasteiger charge is 2.20. The molecule has 41 heavy (non-hydrogen) atoms. The maximum absolute atomic E-state index is 13.3. The molecule has 220 valence electrons. The highest BCUT2D eigenvalue weighted by molar-refractivity contribution is 6.09. The third-order valence-corrected chi connectivity index (χ3v) is 7.04. The lowest BCUT2D eigenvalue weighted by Crippen LogP contribution is -2.31. The largest absolute Gasteiger partial charge is 0.508 e. The number of ether oxygens (including phenoxy) is 3. The fraction of sp³-hybridized carbons (Fsp3) is 0.394. The Balaban J connectivity index is 1.85. The van der Waals surface area contributed by atoms with E-state index in [9.17, 15) is 19.8 Å². The molecule has 1 atom stereocenters. The van der Waals surface area contributed by atoms with E-state index in [1.807, 2.05) is 39.0 Å². The highest BCUT2D eigenvalue weighted by atomic mass is 16.7. The Kier molecular flexibility index (Phi) is 12.2. The summed E-state index contributed by atoms with van der Waals surface area (Å²) in [5.41, 5.74) is 3.15. The summed E-state index contributed by atoms with van der Waals surface area (Å²) in [4.78, 5) is 27.8. The molecule has 0 aromatic heterocycles. The number of allylic oxidation sites excluding steroid dienone is 2. The Labute approximate surface area is 242 Å². The van der Waals surface area contributed by atoms with Gasteiger partial charge in [-0.3, -0.25) is 9.59 Å². The number of rotatable bonds is 13. The summed E-state index contributed by atoms with van der Waals surface area (Å²) in [6.07, 6.45) is 8.31. The van der Waals surface area contributed by atoms with Crippen molar-refractivity contribution < 1.29 is 34.0 Å². The van der Waals surface area contributed by atoms with Gasteiger partial charge in [-0.1, -0.05) is 30.4 Å². The molecule has 1 amide bonds. The zero-order chi connectivity index (χ0) is 29.8. The first-order chi connectivity index (χ1) is 19.8. The molecule has 1 aliphatic rings. The first-order valence-electron chi connectivity index (χ1n) is 14.1. The summed E-state index contributed by atoms with van der Waals surface area (Å²) in [6.45, 7) is 7.19. The van der Waals surface area contributed by atoms with Gasteiger partial charge in [-0.05, 0) is 86.2 Å². The normalized spacial score (nSPS) is 16.1. The number of methoxy groups -OCH3 is 1. The summed E-state index contributed by atoms with van der Waals surface area (Å²) < 4.78 is 17.1. The predicted molar refractivity (Wildman–Crippen MR) is 160 cm³/mol. The van der Waals surface area contributed by atoms with Gasteiger partial charge in [0.05, 0.1) is 32.3 Å². The van der Waals surface area contributed by atoms with Crippen LogP contribution in [0.5, 0.6) is 11.5 Å². The minimum absolute atomic E-state index is 0.00902. The Morgan fingerprint density at radius 1 is 1.02 bits per heavy atom. The summed E-state index contributed by atoms with van der Waals surface area (Å²) >= 11 is 0. The quantitative estimate of drug-likeness (QED) is 0.181. The second-order valence-electron chi connectivity index (χ2n) is 9.81. The van der Waals surface area contributed by atoms with E-state index in [1.165, 1.54) is 12.2 Å². The summed E-state index contributed by atoms with van der Waals surface area (Å²) in [6, 6.07) is 10.8. The molecule has 2 aromatic rings. The van der Waals surface area contributed by atoms with E-state index in [-0.39, 0.29) is 36.6 Å². The van der Waals surface area contributed by atoms with Crippen LogP contribution in [0, 0.1) is 6.92 Å². The third kappa shape index (κ3) is 9.06. The molecule has 0 saturated carbocycles. The third-order valence-electron chi connectivity index (χ3n) is 7.04. The van der Waals surface area contributed by atoms with Crippen LogP contribution in [0.1, 0.15) is 61.8 Å². The van der Waals surface area contributed by atoms with Gasteiger partial charge in [-0.2, -0.15) is 0 Å². The highest BCUT2D eigenvalue weighted by Crippen LogP contribution is 2.31. The molecule has 3 rings (SSSR count). The van der Waals surface area contributed by atoms with Crippen LogP contribution in [0.25, 0.3) is 12.2 Å². The van der Waals surface area contributed by atoms with Crippen LogP contribution >= 0.6 is 0 Å². The summed E-state index contributed by atoms with van der Waals surface area (Å²) in [5.74, 6) is 0.0317. The van der Waals surface area contributed by atoms with Gasteiger partial charge >= 0.3 is 0 Å². The molecule has 8 nitrogen and oxygen atoms in total. The monoisotopic (exact) mass is 563 g/mol. The van der Waals surface area contributed by atoms with E-state index in [0.29, 0.717) is 36.8 Å². The van der Waals surface area contributed by atoms with Crippen molar-refractivity contribution in [2.24, 2.45) is 0 Å². The van der Waals surface area contributed by atoms with Gasteiger partial charge in [0.25, 0.3) is 0 Å².